The Morgan fingerprint density at radius 1 is 1.11 bits per heavy atom. The second-order valence-corrected chi connectivity index (χ2v) is 11.3. The fourth-order valence-corrected chi connectivity index (χ4v) is 6.11. The average molecular weight is 564 g/mol. The van der Waals surface area contributed by atoms with Crippen molar-refractivity contribution >= 4 is 47.6 Å². The maximum absolute atomic E-state index is 13.5. The summed E-state index contributed by atoms with van der Waals surface area (Å²) >= 11 is 1.01. The largest absolute Gasteiger partial charge is 0.404 e. The highest BCUT2D eigenvalue weighted by Crippen LogP contribution is 2.35. The molecular weight excluding hydrogens is 531 g/mol. The van der Waals surface area contributed by atoms with Gasteiger partial charge in [0.2, 0.25) is 11.8 Å². The van der Waals surface area contributed by atoms with Gasteiger partial charge in [0.25, 0.3) is 11.8 Å². The summed E-state index contributed by atoms with van der Waals surface area (Å²) in [5, 5.41) is -0.238. The Morgan fingerprint density at radius 2 is 1.71 bits per heavy atom. The first-order valence-corrected chi connectivity index (χ1v) is 13.7. The second kappa shape index (κ2) is 12.6. The molecule has 3 aliphatic rings. The standard InChI is InChI=1S/C24H32F3N3O7S/c1-14(13-31)28(2)18(24(25,26)27)9-10-38-17-11-21(34)29(22(17)35)12-15-3-5-16(6-4-15)23(36)37-30-19(32)7-8-20(30)33/h13-18H,3-12H2,1-2H3/t14-,15-,16-,17?,18?/m0/s1. The van der Waals surface area contributed by atoms with Crippen LogP contribution in [0.1, 0.15) is 58.3 Å². The Bertz CT molecular complexity index is 939. The topological polar surface area (TPSA) is 121 Å². The number of nitrogens with zero attached hydrogens (tertiary/aromatic N) is 3. The van der Waals surface area contributed by atoms with Gasteiger partial charge in [0.1, 0.15) is 12.3 Å². The molecular formula is C24H32F3N3O7S. The molecule has 2 unspecified atom stereocenters. The smallest absolute Gasteiger partial charge is 0.330 e. The number of likely N-dealkylation sites (N-methyl/N-ethyl adjacent to an activating group) is 1. The van der Waals surface area contributed by atoms with Gasteiger partial charge in [-0.15, -0.1) is 16.8 Å². The molecule has 2 heterocycles. The highest BCUT2D eigenvalue weighted by Gasteiger charge is 2.45. The molecule has 0 aromatic carbocycles. The molecule has 38 heavy (non-hydrogen) atoms. The van der Waals surface area contributed by atoms with Gasteiger partial charge in [-0.1, -0.05) is 0 Å². The molecule has 14 heteroatoms. The lowest BCUT2D eigenvalue weighted by Crippen LogP contribution is -2.48. The van der Waals surface area contributed by atoms with Gasteiger partial charge in [-0.3, -0.25) is 29.0 Å². The van der Waals surface area contributed by atoms with Gasteiger partial charge in [0.05, 0.1) is 17.2 Å². The molecule has 4 amide bonds. The number of hydroxylamine groups is 2. The zero-order valence-electron chi connectivity index (χ0n) is 21.3. The number of halogens is 3. The van der Waals surface area contributed by atoms with E-state index in [4.69, 9.17) is 4.84 Å². The van der Waals surface area contributed by atoms with Gasteiger partial charge in [-0.25, -0.2) is 4.79 Å². The number of rotatable bonds is 11. The van der Waals surface area contributed by atoms with Crippen LogP contribution in [0.3, 0.4) is 0 Å². The van der Waals surface area contributed by atoms with Crippen LogP contribution in [-0.2, 0) is 33.6 Å². The molecule has 0 bridgehead atoms. The fourth-order valence-electron chi connectivity index (χ4n) is 4.94. The van der Waals surface area contributed by atoms with Crippen molar-refractivity contribution in [1.82, 2.24) is 14.9 Å². The van der Waals surface area contributed by atoms with Crippen LogP contribution in [0, 0.1) is 11.8 Å². The van der Waals surface area contributed by atoms with Crippen LogP contribution < -0.4 is 0 Å². The number of carbonyl (C=O) groups is 6. The van der Waals surface area contributed by atoms with E-state index in [2.05, 4.69) is 0 Å². The van der Waals surface area contributed by atoms with Crippen LogP contribution in [0.15, 0.2) is 0 Å². The summed E-state index contributed by atoms with van der Waals surface area (Å²) in [6.45, 7) is 1.55. The summed E-state index contributed by atoms with van der Waals surface area (Å²) in [7, 11) is 1.23. The van der Waals surface area contributed by atoms with Crippen LogP contribution in [0.5, 0.6) is 0 Å². The van der Waals surface area contributed by atoms with Gasteiger partial charge >= 0.3 is 12.1 Å². The van der Waals surface area contributed by atoms with E-state index < -0.39 is 53.1 Å². The number of likely N-dealkylation sites (tertiary alicyclic amines) is 1. The highest BCUT2D eigenvalue weighted by atomic mass is 32.2. The lowest BCUT2D eigenvalue weighted by molar-refractivity contribution is -0.201. The summed E-state index contributed by atoms with van der Waals surface area (Å²) in [6, 6.07) is -2.76. The van der Waals surface area contributed by atoms with Crippen molar-refractivity contribution in [2.75, 3.05) is 19.3 Å². The number of alkyl halides is 3. The Hall–Kier alpha value is -2.48. The minimum Gasteiger partial charge on any atom is -0.330 e. The molecule has 2 saturated heterocycles. The van der Waals surface area contributed by atoms with Gasteiger partial charge in [0, 0.05) is 25.8 Å². The van der Waals surface area contributed by atoms with E-state index in [1.165, 1.54) is 14.0 Å². The third kappa shape index (κ3) is 7.13. The zero-order chi connectivity index (χ0) is 28.2. The summed E-state index contributed by atoms with van der Waals surface area (Å²) in [6.07, 6.45) is -2.59. The van der Waals surface area contributed by atoms with Gasteiger partial charge in [-0.2, -0.15) is 13.2 Å². The minimum absolute atomic E-state index is 0.00708. The molecule has 10 nitrogen and oxygen atoms in total. The summed E-state index contributed by atoms with van der Waals surface area (Å²) in [5.41, 5.74) is 0. The van der Waals surface area contributed by atoms with E-state index in [0.29, 0.717) is 37.0 Å². The highest BCUT2D eigenvalue weighted by molar-refractivity contribution is 8.00. The first-order chi connectivity index (χ1) is 17.8. The van der Waals surface area contributed by atoms with Crippen molar-refractivity contribution < 1.29 is 46.8 Å². The molecule has 0 aromatic rings. The number of aldehydes is 1. The predicted octanol–water partition coefficient (Wildman–Crippen LogP) is 2.10. The van der Waals surface area contributed by atoms with Crippen molar-refractivity contribution in [1.29, 1.82) is 0 Å². The lowest BCUT2D eigenvalue weighted by atomic mass is 9.82. The van der Waals surface area contributed by atoms with Crippen LogP contribution >= 0.6 is 11.8 Å². The van der Waals surface area contributed by atoms with Crippen molar-refractivity contribution in [2.24, 2.45) is 11.8 Å². The maximum Gasteiger partial charge on any atom is 0.404 e. The lowest BCUT2D eigenvalue weighted by Gasteiger charge is -2.32. The maximum atomic E-state index is 13.5. The molecule has 0 aromatic heterocycles. The molecule has 3 atom stereocenters. The molecule has 1 aliphatic carbocycles. The van der Waals surface area contributed by atoms with Crippen LogP contribution in [-0.4, -0.2) is 93.6 Å². The van der Waals surface area contributed by atoms with Crippen molar-refractivity contribution in [3.05, 3.63) is 0 Å². The molecule has 3 fully saturated rings. The second-order valence-electron chi connectivity index (χ2n) is 10.0. The molecule has 2 aliphatic heterocycles. The normalized spacial score (nSPS) is 26.3. The van der Waals surface area contributed by atoms with Gasteiger partial charge in [-0.05, 0) is 57.7 Å². The average Bonchev–Trinajstić information content (AvgIpc) is 3.32. The third-order valence-electron chi connectivity index (χ3n) is 7.43. The Balaban J connectivity index is 1.45. The van der Waals surface area contributed by atoms with Crippen molar-refractivity contribution in [2.45, 2.75) is 81.8 Å². The summed E-state index contributed by atoms with van der Waals surface area (Å²) in [5.74, 6) is -3.10. The van der Waals surface area contributed by atoms with Gasteiger partial charge in [0.15, 0.2) is 0 Å². The number of hydrogen-bond acceptors (Lipinski definition) is 9. The van der Waals surface area contributed by atoms with E-state index in [9.17, 15) is 41.9 Å². The number of thioether (sulfide) groups is 1. The Morgan fingerprint density at radius 3 is 2.26 bits per heavy atom. The molecule has 0 N–H and O–H groups in total. The van der Waals surface area contributed by atoms with E-state index in [1.54, 1.807) is 0 Å². The van der Waals surface area contributed by atoms with Gasteiger partial charge < -0.3 is 9.63 Å². The van der Waals surface area contributed by atoms with Crippen LogP contribution in [0.2, 0.25) is 0 Å². The third-order valence-corrected chi connectivity index (χ3v) is 8.67. The predicted molar refractivity (Wildman–Crippen MR) is 128 cm³/mol. The van der Waals surface area contributed by atoms with E-state index in [-0.39, 0.29) is 49.8 Å². The Kier molecular flexibility index (Phi) is 9.96. The number of amides is 4. The van der Waals surface area contributed by atoms with Crippen molar-refractivity contribution in [3.8, 4) is 0 Å². The van der Waals surface area contributed by atoms with Crippen LogP contribution in [0.25, 0.3) is 0 Å². The molecule has 212 valence electrons. The number of imide groups is 2. The first-order valence-electron chi connectivity index (χ1n) is 12.6. The summed E-state index contributed by atoms with van der Waals surface area (Å²) in [4.78, 5) is 79.0. The fraction of sp³-hybridized carbons (Fsp3) is 0.750. The monoisotopic (exact) mass is 563 g/mol. The van der Waals surface area contributed by atoms with Crippen LogP contribution in [0.4, 0.5) is 13.2 Å². The van der Waals surface area contributed by atoms with E-state index in [0.717, 1.165) is 21.6 Å². The summed E-state index contributed by atoms with van der Waals surface area (Å²) < 4.78 is 40.5. The first kappa shape index (κ1) is 30.1. The molecule has 3 rings (SSSR count). The van der Waals surface area contributed by atoms with Crippen molar-refractivity contribution in [3.63, 3.8) is 0 Å². The zero-order valence-corrected chi connectivity index (χ0v) is 22.1. The SMILES string of the molecule is C[C@@H](C=O)N(C)C(CCSC1CC(=O)N(C[C@H]2CC[C@H](C(=O)ON3C(=O)CCC3=O)CC2)C1=O)C(F)(F)F. The number of hydrogen-bond donors (Lipinski definition) is 0. The number of carbonyl (C=O) groups excluding carboxylic acids is 6. The van der Waals surface area contributed by atoms with E-state index in [1.807, 2.05) is 0 Å². The minimum atomic E-state index is -4.54. The molecule has 1 saturated carbocycles. The molecule has 0 radical (unpaired) electrons. The molecule has 0 spiro atoms. The quantitative estimate of drug-likeness (QED) is 0.275. The van der Waals surface area contributed by atoms with E-state index >= 15 is 0 Å². The Labute approximate surface area is 222 Å².